The molecule has 0 radical (unpaired) electrons. The molecule has 1 N–H and O–H groups in total. The van der Waals surface area contributed by atoms with Crippen molar-refractivity contribution >= 4 is 29.0 Å². The van der Waals surface area contributed by atoms with E-state index in [0.29, 0.717) is 16.4 Å². The van der Waals surface area contributed by atoms with Crippen LogP contribution in [0.15, 0.2) is 54.9 Å². The molecule has 0 fully saturated rings. The summed E-state index contributed by atoms with van der Waals surface area (Å²) in [5.74, 6) is 0.311. The van der Waals surface area contributed by atoms with Crippen molar-refractivity contribution < 1.29 is 4.79 Å². The van der Waals surface area contributed by atoms with Crippen molar-refractivity contribution in [1.29, 1.82) is 0 Å². The number of hydrogen-bond acceptors (Lipinski definition) is 2. The van der Waals surface area contributed by atoms with E-state index in [1.807, 2.05) is 28.8 Å². The summed E-state index contributed by atoms with van der Waals surface area (Å²) in [7, 11) is 0. The van der Waals surface area contributed by atoms with Crippen LogP contribution in [0.3, 0.4) is 0 Å². The Kier molecular flexibility index (Phi) is 2.93. The predicted octanol–water partition coefficient (Wildman–Crippen LogP) is 3.24. The molecule has 3 aromatic rings. The van der Waals surface area contributed by atoms with Crippen LogP contribution in [-0.2, 0) is 0 Å². The highest BCUT2D eigenvalue weighted by Gasteiger charge is 2.08. The number of carbonyl (C=O) groups excluding carboxylic acids is 1. The Morgan fingerprint density at radius 3 is 2.68 bits per heavy atom. The fourth-order valence-corrected chi connectivity index (χ4v) is 1.91. The molecule has 0 saturated carbocycles. The first-order chi connectivity index (χ1) is 9.22. The molecule has 2 aromatic heterocycles. The van der Waals surface area contributed by atoms with Crippen LogP contribution in [0.1, 0.15) is 10.4 Å². The molecule has 0 unspecified atom stereocenters. The van der Waals surface area contributed by atoms with Gasteiger partial charge in [-0.3, -0.25) is 4.79 Å². The van der Waals surface area contributed by atoms with Crippen LogP contribution < -0.4 is 5.32 Å². The molecule has 0 spiro atoms. The summed E-state index contributed by atoms with van der Waals surface area (Å²) in [6.07, 6.45) is 3.64. The molecule has 2 heterocycles. The third-order valence-corrected chi connectivity index (χ3v) is 2.96. The van der Waals surface area contributed by atoms with Gasteiger partial charge in [0.05, 0.1) is 6.20 Å². The molecule has 94 valence electrons. The zero-order chi connectivity index (χ0) is 13.2. The molecule has 0 saturated heterocycles. The molecule has 1 aromatic carbocycles. The number of hydrogen-bond donors (Lipinski definition) is 1. The number of fused-ring (bicyclic) bond motifs is 1. The van der Waals surface area contributed by atoms with E-state index in [-0.39, 0.29) is 5.91 Å². The van der Waals surface area contributed by atoms with Crippen molar-refractivity contribution in [3.05, 3.63) is 65.4 Å². The van der Waals surface area contributed by atoms with Gasteiger partial charge in [-0.25, -0.2) is 4.98 Å². The number of rotatable bonds is 2. The molecule has 0 aliphatic heterocycles. The summed E-state index contributed by atoms with van der Waals surface area (Å²) in [5.41, 5.74) is 1.33. The quantitative estimate of drug-likeness (QED) is 0.778. The van der Waals surface area contributed by atoms with Gasteiger partial charge in [-0.15, -0.1) is 0 Å². The van der Waals surface area contributed by atoms with E-state index < -0.39 is 0 Å². The summed E-state index contributed by atoms with van der Waals surface area (Å²) in [4.78, 5) is 16.3. The maximum absolute atomic E-state index is 12.0. The van der Waals surface area contributed by atoms with Gasteiger partial charge >= 0.3 is 0 Å². The number of nitrogens with one attached hydrogen (secondary N) is 1. The van der Waals surface area contributed by atoms with Crippen LogP contribution in [0.5, 0.6) is 0 Å². The second-order valence-electron chi connectivity index (χ2n) is 4.05. The maximum atomic E-state index is 12.0. The SMILES string of the molecule is O=C(Nc1cn2ccccc2n1)c1ccc(Cl)cc1. The second-order valence-corrected chi connectivity index (χ2v) is 4.49. The van der Waals surface area contributed by atoms with Crippen LogP contribution in [0, 0.1) is 0 Å². The lowest BCUT2D eigenvalue weighted by Crippen LogP contribution is -2.11. The standard InChI is InChI=1S/C14H10ClN3O/c15-11-6-4-10(5-7-11)14(19)17-12-9-18-8-2-1-3-13(18)16-12/h1-9H,(H,17,19). The third-order valence-electron chi connectivity index (χ3n) is 2.71. The first kappa shape index (κ1) is 11.7. The van der Waals surface area contributed by atoms with Gasteiger partial charge in [-0.05, 0) is 36.4 Å². The molecule has 5 heteroatoms. The molecule has 0 aliphatic rings. The number of carbonyl (C=O) groups is 1. The van der Waals surface area contributed by atoms with Gasteiger partial charge in [-0.2, -0.15) is 0 Å². The molecule has 19 heavy (non-hydrogen) atoms. The van der Waals surface area contributed by atoms with E-state index in [0.717, 1.165) is 5.65 Å². The first-order valence-corrected chi connectivity index (χ1v) is 6.11. The van der Waals surface area contributed by atoms with Crippen molar-refractivity contribution in [1.82, 2.24) is 9.38 Å². The van der Waals surface area contributed by atoms with Crippen LogP contribution in [0.4, 0.5) is 5.82 Å². The molecule has 1 amide bonds. The highest BCUT2D eigenvalue weighted by atomic mass is 35.5. The fraction of sp³-hybridized carbons (Fsp3) is 0. The lowest BCUT2D eigenvalue weighted by molar-refractivity contribution is 0.102. The predicted molar refractivity (Wildman–Crippen MR) is 74.6 cm³/mol. The van der Waals surface area contributed by atoms with Crippen molar-refractivity contribution in [2.75, 3.05) is 5.32 Å². The lowest BCUT2D eigenvalue weighted by atomic mass is 10.2. The average Bonchev–Trinajstić information content (AvgIpc) is 2.81. The van der Waals surface area contributed by atoms with Crippen LogP contribution >= 0.6 is 11.6 Å². The summed E-state index contributed by atoms with van der Waals surface area (Å²) in [6.45, 7) is 0. The maximum Gasteiger partial charge on any atom is 0.256 e. The number of amides is 1. The normalized spacial score (nSPS) is 10.6. The van der Waals surface area contributed by atoms with E-state index in [1.165, 1.54) is 0 Å². The average molecular weight is 272 g/mol. The van der Waals surface area contributed by atoms with E-state index in [9.17, 15) is 4.79 Å². The smallest absolute Gasteiger partial charge is 0.256 e. The van der Waals surface area contributed by atoms with Gasteiger partial charge in [0.15, 0.2) is 5.82 Å². The van der Waals surface area contributed by atoms with Crippen molar-refractivity contribution in [2.24, 2.45) is 0 Å². The number of anilines is 1. The minimum Gasteiger partial charge on any atom is -0.305 e. The Labute approximate surface area is 114 Å². The van der Waals surface area contributed by atoms with Crippen molar-refractivity contribution in [3.8, 4) is 0 Å². The summed E-state index contributed by atoms with van der Waals surface area (Å²) < 4.78 is 1.84. The molecule has 4 nitrogen and oxygen atoms in total. The van der Waals surface area contributed by atoms with Crippen LogP contribution in [0.2, 0.25) is 5.02 Å². The second kappa shape index (κ2) is 4.74. The van der Waals surface area contributed by atoms with Crippen molar-refractivity contribution in [2.45, 2.75) is 0 Å². The Balaban J connectivity index is 1.84. The highest BCUT2D eigenvalue weighted by molar-refractivity contribution is 6.30. The van der Waals surface area contributed by atoms with E-state index in [4.69, 9.17) is 11.6 Å². The molecule has 0 bridgehead atoms. The van der Waals surface area contributed by atoms with Crippen LogP contribution in [0.25, 0.3) is 5.65 Å². The van der Waals surface area contributed by atoms with Crippen LogP contribution in [-0.4, -0.2) is 15.3 Å². The minimum atomic E-state index is -0.208. The minimum absolute atomic E-state index is 0.208. The number of nitrogens with zero attached hydrogens (tertiary/aromatic N) is 2. The summed E-state index contributed by atoms with van der Waals surface area (Å²) in [6, 6.07) is 12.4. The van der Waals surface area contributed by atoms with Gasteiger partial charge in [0.2, 0.25) is 0 Å². The van der Waals surface area contributed by atoms with Gasteiger partial charge in [0.25, 0.3) is 5.91 Å². The number of halogens is 1. The molecular formula is C14H10ClN3O. The van der Waals surface area contributed by atoms with E-state index in [1.54, 1.807) is 30.5 Å². The number of pyridine rings is 1. The Bertz CT molecular complexity index is 701. The van der Waals surface area contributed by atoms with Gasteiger partial charge < -0.3 is 9.72 Å². The first-order valence-electron chi connectivity index (χ1n) is 5.73. The van der Waals surface area contributed by atoms with Gasteiger partial charge in [0, 0.05) is 16.8 Å². The van der Waals surface area contributed by atoms with Crippen molar-refractivity contribution in [3.63, 3.8) is 0 Å². The van der Waals surface area contributed by atoms with Gasteiger partial charge in [-0.1, -0.05) is 17.7 Å². The van der Waals surface area contributed by atoms with E-state index >= 15 is 0 Å². The fourth-order valence-electron chi connectivity index (χ4n) is 1.78. The largest absolute Gasteiger partial charge is 0.305 e. The number of aromatic nitrogens is 2. The van der Waals surface area contributed by atoms with E-state index in [2.05, 4.69) is 10.3 Å². The van der Waals surface area contributed by atoms with Gasteiger partial charge in [0.1, 0.15) is 5.65 Å². The summed E-state index contributed by atoms with van der Waals surface area (Å²) in [5, 5.41) is 3.35. The highest BCUT2D eigenvalue weighted by Crippen LogP contribution is 2.13. The molecule has 0 atom stereocenters. The Hall–Kier alpha value is -2.33. The molecular weight excluding hydrogens is 262 g/mol. The zero-order valence-corrected chi connectivity index (χ0v) is 10.6. The third kappa shape index (κ3) is 2.44. The topological polar surface area (TPSA) is 46.4 Å². The zero-order valence-electron chi connectivity index (χ0n) is 9.88. The number of benzene rings is 1. The summed E-state index contributed by atoms with van der Waals surface area (Å²) >= 11 is 5.78. The Morgan fingerprint density at radius 2 is 1.95 bits per heavy atom. The lowest BCUT2D eigenvalue weighted by Gasteiger charge is -2.01. The monoisotopic (exact) mass is 271 g/mol. The Morgan fingerprint density at radius 1 is 1.16 bits per heavy atom. The number of imidazole rings is 1. The molecule has 0 aliphatic carbocycles. The molecule has 3 rings (SSSR count).